The maximum absolute atomic E-state index is 12.8. The van der Waals surface area contributed by atoms with Crippen molar-refractivity contribution in [1.29, 1.82) is 0 Å². The van der Waals surface area contributed by atoms with Crippen LogP contribution in [0.1, 0.15) is 5.56 Å². The Hall–Kier alpha value is -3.28. The molecule has 1 N–H and O–H groups in total. The van der Waals surface area contributed by atoms with E-state index in [0.717, 1.165) is 16.5 Å². The quantitative estimate of drug-likeness (QED) is 0.787. The third kappa shape index (κ3) is 3.01. The average Bonchev–Trinajstić information content (AvgIpc) is 2.66. The highest BCUT2D eigenvalue weighted by atomic mass is 16.6. The van der Waals surface area contributed by atoms with E-state index in [2.05, 4.69) is 4.98 Å². The van der Waals surface area contributed by atoms with Crippen LogP contribution < -0.4 is 15.0 Å². The summed E-state index contributed by atoms with van der Waals surface area (Å²) >= 11 is 0. The third-order valence-corrected chi connectivity index (χ3v) is 4.40. The minimum absolute atomic E-state index is 0.163. The molecule has 1 aliphatic rings. The number of H-pyrrole nitrogens is 1. The molecular formula is C20H18N2O4. The molecule has 2 heterocycles. The van der Waals surface area contributed by atoms with E-state index < -0.39 is 6.10 Å². The van der Waals surface area contributed by atoms with Gasteiger partial charge in [-0.15, -0.1) is 0 Å². The van der Waals surface area contributed by atoms with E-state index in [1.165, 1.54) is 6.07 Å². The van der Waals surface area contributed by atoms with E-state index >= 15 is 0 Å². The van der Waals surface area contributed by atoms with Gasteiger partial charge >= 0.3 is 0 Å². The number of hydrogen-bond acceptors (Lipinski definition) is 4. The van der Waals surface area contributed by atoms with Crippen LogP contribution in [0.15, 0.2) is 59.4 Å². The summed E-state index contributed by atoms with van der Waals surface area (Å²) in [6.07, 6.45) is -0.705. The predicted molar refractivity (Wildman–Crippen MR) is 97.4 cm³/mol. The molecule has 1 aromatic heterocycles. The molecule has 0 unspecified atom stereocenters. The molecule has 132 valence electrons. The van der Waals surface area contributed by atoms with Crippen LogP contribution in [0, 0.1) is 0 Å². The minimum Gasteiger partial charge on any atom is -0.485 e. The zero-order chi connectivity index (χ0) is 18.1. The first-order chi connectivity index (χ1) is 12.6. The number of aromatic nitrogens is 1. The van der Waals surface area contributed by atoms with Crippen molar-refractivity contribution in [3.63, 3.8) is 0 Å². The van der Waals surface area contributed by atoms with Crippen molar-refractivity contribution in [2.24, 2.45) is 0 Å². The molecule has 0 aliphatic carbocycles. The number of pyridine rings is 1. The molecule has 0 fully saturated rings. The van der Waals surface area contributed by atoms with Crippen molar-refractivity contribution in [2.45, 2.75) is 12.6 Å². The number of aromatic amines is 1. The Morgan fingerprint density at radius 3 is 2.73 bits per heavy atom. The van der Waals surface area contributed by atoms with Gasteiger partial charge in [0.2, 0.25) is 11.7 Å². The zero-order valence-corrected chi connectivity index (χ0v) is 14.3. The number of likely N-dealkylation sites (N-methyl/N-ethyl adjacent to an activating group) is 1. The van der Waals surface area contributed by atoms with E-state index in [9.17, 15) is 9.59 Å². The van der Waals surface area contributed by atoms with Crippen molar-refractivity contribution >= 4 is 16.8 Å². The summed E-state index contributed by atoms with van der Waals surface area (Å²) in [5.74, 6) is 1.01. The SMILES string of the molecule is CN(Cc1cc(=O)[nH]c2ccccc12)C(=O)[C@@H]1COc2ccccc2O1. The predicted octanol–water partition coefficient (Wildman–Crippen LogP) is 2.33. The van der Waals surface area contributed by atoms with Gasteiger partial charge in [0.25, 0.3) is 5.91 Å². The van der Waals surface area contributed by atoms with Gasteiger partial charge in [0.1, 0.15) is 6.61 Å². The van der Waals surface area contributed by atoms with Gasteiger partial charge in [0.05, 0.1) is 0 Å². The van der Waals surface area contributed by atoms with Gasteiger partial charge < -0.3 is 19.4 Å². The molecule has 1 aliphatic heterocycles. The molecule has 0 spiro atoms. The Bertz CT molecular complexity index is 1030. The summed E-state index contributed by atoms with van der Waals surface area (Å²) in [5, 5.41) is 0.915. The molecule has 1 atom stereocenters. The van der Waals surface area contributed by atoms with E-state index in [1.54, 1.807) is 18.0 Å². The minimum atomic E-state index is -0.705. The van der Waals surface area contributed by atoms with Crippen molar-refractivity contribution in [1.82, 2.24) is 9.88 Å². The van der Waals surface area contributed by atoms with Crippen molar-refractivity contribution in [3.05, 3.63) is 70.5 Å². The first kappa shape index (κ1) is 16.2. The fourth-order valence-electron chi connectivity index (χ4n) is 3.13. The summed E-state index contributed by atoms with van der Waals surface area (Å²) in [6, 6.07) is 16.3. The zero-order valence-electron chi connectivity index (χ0n) is 14.3. The lowest BCUT2D eigenvalue weighted by Crippen LogP contribution is -2.44. The molecule has 26 heavy (non-hydrogen) atoms. The highest BCUT2D eigenvalue weighted by molar-refractivity contribution is 5.84. The summed E-state index contributed by atoms with van der Waals surface area (Å²) in [6.45, 7) is 0.473. The summed E-state index contributed by atoms with van der Waals surface area (Å²) in [4.78, 5) is 29.0. The second-order valence-corrected chi connectivity index (χ2v) is 6.26. The molecule has 0 bridgehead atoms. The number of benzene rings is 2. The van der Waals surface area contributed by atoms with E-state index in [-0.39, 0.29) is 18.1 Å². The van der Waals surface area contributed by atoms with Crippen LogP contribution in [-0.4, -0.2) is 35.5 Å². The Morgan fingerprint density at radius 1 is 1.15 bits per heavy atom. The van der Waals surface area contributed by atoms with E-state index in [1.807, 2.05) is 42.5 Å². The fraction of sp³-hybridized carbons (Fsp3) is 0.200. The maximum atomic E-state index is 12.8. The highest BCUT2D eigenvalue weighted by Gasteiger charge is 2.29. The average molecular weight is 350 g/mol. The van der Waals surface area contributed by atoms with Crippen LogP contribution in [-0.2, 0) is 11.3 Å². The van der Waals surface area contributed by atoms with Crippen LogP contribution in [0.3, 0.4) is 0 Å². The van der Waals surface area contributed by atoms with Crippen molar-refractivity contribution in [2.75, 3.05) is 13.7 Å². The fourth-order valence-corrected chi connectivity index (χ4v) is 3.13. The molecule has 6 heteroatoms. The number of carbonyl (C=O) groups is 1. The summed E-state index contributed by atoms with van der Waals surface area (Å²) in [5.41, 5.74) is 1.35. The smallest absolute Gasteiger partial charge is 0.267 e. The number of amides is 1. The highest BCUT2D eigenvalue weighted by Crippen LogP contribution is 2.31. The molecule has 1 amide bonds. The van der Waals surface area contributed by atoms with Gasteiger partial charge in [0, 0.05) is 30.6 Å². The number of ether oxygens (including phenoxy) is 2. The monoisotopic (exact) mass is 350 g/mol. The Morgan fingerprint density at radius 2 is 1.88 bits per heavy atom. The first-order valence-electron chi connectivity index (χ1n) is 8.36. The van der Waals surface area contributed by atoms with Crippen LogP contribution in [0.25, 0.3) is 10.9 Å². The molecular weight excluding hydrogens is 332 g/mol. The number of nitrogens with zero attached hydrogens (tertiary/aromatic N) is 1. The first-order valence-corrected chi connectivity index (χ1v) is 8.36. The largest absolute Gasteiger partial charge is 0.485 e. The van der Waals surface area contributed by atoms with Crippen LogP contribution >= 0.6 is 0 Å². The van der Waals surface area contributed by atoms with Crippen LogP contribution in [0.4, 0.5) is 0 Å². The second kappa shape index (κ2) is 6.55. The second-order valence-electron chi connectivity index (χ2n) is 6.26. The molecule has 0 saturated carbocycles. The Kier molecular flexibility index (Phi) is 4.08. The topological polar surface area (TPSA) is 71.6 Å². The maximum Gasteiger partial charge on any atom is 0.267 e. The van der Waals surface area contributed by atoms with Gasteiger partial charge in [-0.05, 0) is 23.8 Å². The van der Waals surface area contributed by atoms with Gasteiger partial charge in [-0.3, -0.25) is 9.59 Å². The van der Waals surface area contributed by atoms with Crippen LogP contribution in [0.5, 0.6) is 11.5 Å². The number of para-hydroxylation sites is 3. The molecule has 0 radical (unpaired) electrons. The molecule has 3 aromatic rings. The lowest BCUT2D eigenvalue weighted by molar-refractivity contribution is -0.140. The Labute approximate surface area is 150 Å². The lowest BCUT2D eigenvalue weighted by Gasteiger charge is -2.29. The third-order valence-electron chi connectivity index (χ3n) is 4.40. The van der Waals surface area contributed by atoms with Crippen molar-refractivity contribution < 1.29 is 14.3 Å². The molecule has 4 rings (SSSR count). The lowest BCUT2D eigenvalue weighted by atomic mass is 10.1. The normalized spacial score (nSPS) is 15.7. The van der Waals surface area contributed by atoms with Gasteiger partial charge in [-0.25, -0.2) is 0 Å². The van der Waals surface area contributed by atoms with Gasteiger partial charge in [-0.1, -0.05) is 30.3 Å². The van der Waals surface area contributed by atoms with Crippen molar-refractivity contribution in [3.8, 4) is 11.5 Å². The van der Waals surface area contributed by atoms with E-state index in [4.69, 9.17) is 9.47 Å². The van der Waals surface area contributed by atoms with Gasteiger partial charge in [-0.2, -0.15) is 0 Å². The van der Waals surface area contributed by atoms with E-state index in [0.29, 0.717) is 18.0 Å². The summed E-state index contributed by atoms with van der Waals surface area (Å²) < 4.78 is 11.4. The number of fused-ring (bicyclic) bond motifs is 2. The summed E-state index contributed by atoms with van der Waals surface area (Å²) in [7, 11) is 1.70. The Balaban J connectivity index is 1.55. The number of nitrogens with one attached hydrogen (secondary N) is 1. The van der Waals surface area contributed by atoms with Gasteiger partial charge in [0.15, 0.2) is 11.5 Å². The molecule has 0 saturated heterocycles. The number of hydrogen-bond donors (Lipinski definition) is 1. The number of carbonyl (C=O) groups excluding carboxylic acids is 1. The molecule has 6 nitrogen and oxygen atoms in total. The molecule has 2 aromatic carbocycles. The number of rotatable bonds is 3. The van der Waals surface area contributed by atoms with Crippen LogP contribution in [0.2, 0.25) is 0 Å². The standard InChI is InChI=1S/C20H18N2O4/c1-22(11-13-10-19(23)21-15-7-3-2-6-14(13)15)20(24)18-12-25-16-8-4-5-9-17(16)26-18/h2-10,18H,11-12H2,1H3,(H,21,23)/t18-/m0/s1.